The van der Waals surface area contributed by atoms with E-state index in [9.17, 15) is 4.39 Å². The van der Waals surface area contributed by atoms with Gasteiger partial charge in [-0.3, -0.25) is 0 Å². The first-order valence-corrected chi connectivity index (χ1v) is 4.75. The van der Waals surface area contributed by atoms with Gasteiger partial charge in [-0.25, -0.2) is 0 Å². The van der Waals surface area contributed by atoms with Crippen LogP contribution in [0.5, 0.6) is 11.5 Å². The number of benzene rings is 1. The van der Waals surface area contributed by atoms with E-state index in [4.69, 9.17) is 15.2 Å². The van der Waals surface area contributed by atoms with Gasteiger partial charge in [-0.1, -0.05) is 6.07 Å². The van der Waals surface area contributed by atoms with Crippen LogP contribution in [0.15, 0.2) is 12.1 Å². The first-order chi connectivity index (χ1) is 7.10. The smallest absolute Gasteiger partial charge is 0.207 e. The normalized spacial score (nSPS) is 12.3. The molecule has 0 saturated carbocycles. The third kappa shape index (κ3) is 2.59. The van der Waals surface area contributed by atoms with Gasteiger partial charge in [0, 0.05) is 6.04 Å². The molecule has 1 atom stereocenters. The monoisotopic (exact) mass is 213 g/mol. The van der Waals surface area contributed by atoms with Crippen LogP contribution in [0.2, 0.25) is 0 Å². The highest BCUT2D eigenvalue weighted by molar-refractivity contribution is 5.43. The van der Waals surface area contributed by atoms with Crippen molar-refractivity contribution < 1.29 is 13.9 Å². The molecule has 0 aliphatic heterocycles. The number of ether oxygens (including phenoxy) is 2. The fourth-order valence-electron chi connectivity index (χ4n) is 1.46. The fourth-order valence-corrected chi connectivity index (χ4v) is 1.46. The molecule has 0 fully saturated rings. The Kier molecular flexibility index (Phi) is 3.91. The van der Waals surface area contributed by atoms with Crippen LogP contribution in [0.1, 0.15) is 12.5 Å². The third-order valence-electron chi connectivity index (χ3n) is 2.11. The highest BCUT2D eigenvalue weighted by atomic mass is 19.1. The maximum atomic E-state index is 13.7. The van der Waals surface area contributed by atoms with E-state index in [0.717, 1.165) is 5.56 Å². The standard InChI is InChI=1S/C11H16FNO2/c1-7(13)6-8-4-5-9(14-2)10(12)11(8)15-3/h4-5,7H,6,13H2,1-3H3. The Bertz CT molecular complexity index is 340. The van der Waals surface area contributed by atoms with E-state index in [1.54, 1.807) is 12.1 Å². The summed E-state index contributed by atoms with van der Waals surface area (Å²) in [7, 11) is 2.85. The molecule has 1 unspecified atom stereocenters. The van der Waals surface area contributed by atoms with Crippen molar-refractivity contribution in [3.8, 4) is 11.5 Å². The van der Waals surface area contributed by atoms with Crippen LogP contribution in [-0.4, -0.2) is 20.3 Å². The van der Waals surface area contributed by atoms with Crippen molar-refractivity contribution >= 4 is 0 Å². The highest BCUT2D eigenvalue weighted by Crippen LogP contribution is 2.30. The van der Waals surface area contributed by atoms with Crippen molar-refractivity contribution in [2.75, 3.05) is 14.2 Å². The molecular weight excluding hydrogens is 197 g/mol. The molecule has 1 aromatic carbocycles. The van der Waals surface area contributed by atoms with Gasteiger partial charge in [-0.2, -0.15) is 4.39 Å². The van der Waals surface area contributed by atoms with Gasteiger partial charge in [0.1, 0.15) is 0 Å². The van der Waals surface area contributed by atoms with Gasteiger partial charge < -0.3 is 15.2 Å². The first-order valence-electron chi connectivity index (χ1n) is 4.75. The SMILES string of the molecule is COc1ccc(CC(C)N)c(OC)c1F. The largest absolute Gasteiger partial charge is 0.494 e. The molecule has 0 radical (unpaired) electrons. The summed E-state index contributed by atoms with van der Waals surface area (Å²) in [5, 5.41) is 0. The van der Waals surface area contributed by atoms with Gasteiger partial charge in [-0.15, -0.1) is 0 Å². The van der Waals surface area contributed by atoms with Gasteiger partial charge in [0.15, 0.2) is 11.5 Å². The molecule has 4 heteroatoms. The first kappa shape index (κ1) is 11.8. The predicted octanol–water partition coefficient (Wildman–Crippen LogP) is 1.73. The van der Waals surface area contributed by atoms with E-state index in [0.29, 0.717) is 6.42 Å². The van der Waals surface area contributed by atoms with Crippen LogP contribution in [0.25, 0.3) is 0 Å². The Morgan fingerprint density at radius 2 is 2.00 bits per heavy atom. The van der Waals surface area contributed by atoms with E-state index >= 15 is 0 Å². The number of halogens is 1. The number of hydrogen-bond donors (Lipinski definition) is 1. The van der Waals surface area contributed by atoms with Crippen molar-refractivity contribution in [2.24, 2.45) is 5.73 Å². The second-order valence-corrected chi connectivity index (χ2v) is 3.46. The Balaban J connectivity index is 3.12. The summed E-state index contributed by atoms with van der Waals surface area (Å²) in [6.07, 6.45) is 0.573. The van der Waals surface area contributed by atoms with Crippen molar-refractivity contribution in [1.82, 2.24) is 0 Å². The van der Waals surface area contributed by atoms with Crippen molar-refractivity contribution in [2.45, 2.75) is 19.4 Å². The van der Waals surface area contributed by atoms with E-state index in [1.165, 1.54) is 14.2 Å². The van der Waals surface area contributed by atoms with E-state index in [2.05, 4.69) is 0 Å². The molecule has 0 amide bonds. The molecule has 15 heavy (non-hydrogen) atoms. The van der Waals surface area contributed by atoms with Crippen LogP contribution < -0.4 is 15.2 Å². The summed E-state index contributed by atoms with van der Waals surface area (Å²) >= 11 is 0. The second kappa shape index (κ2) is 4.98. The topological polar surface area (TPSA) is 44.5 Å². The quantitative estimate of drug-likeness (QED) is 0.828. The summed E-state index contributed by atoms with van der Waals surface area (Å²) in [4.78, 5) is 0. The molecular formula is C11H16FNO2. The molecule has 0 saturated heterocycles. The van der Waals surface area contributed by atoms with Gasteiger partial charge in [-0.05, 0) is 25.0 Å². The maximum Gasteiger partial charge on any atom is 0.207 e. The van der Waals surface area contributed by atoms with Gasteiger partial charge in [0.25, 0.3) is 0 Å². The van der Waals surface area contributed by atoms with E-state index in [1.807, 2.05) is 6.92 Å². The zero-order valence-electron chi connectivity index (χ0n) is 9.21. The second-order valence-electron chi connectivity index (χ2n) is 3.46. The Morgan fingerprint density at radius 3 is 2.47 bits per heavy atom. The Morgan fingerprint density at radius 1 is 1.33 bits per heavy atom. The summed E-state index contributed by atoms with van der Waals surface area (Å²) in [6.45, 7) is 1.86. The zero-order valence-corrected chi connectivity index (χ0v) is 9.21. The number of rotatable bonds is 4. The lowest BCUT2D eigenvalue weighted by Crippen LogP contribution is -2.18. The average molecular weight is 213 g/mol. The zero-order chi connectivity index (χ0) is 11.4. The van der Waals surface area contributed by atoms with E-state index < -0.39 is 5.82 Å². The number of methoxy groups -OCH3 is 2. The summed E-state index contributed by atoms with van der Waals surface area (Å²) < 4.78 is 23.6. The maximum absolute atomic E-state index is 13.7. The molecule has 3 nitrogen and oxygen atoms in total. The minimum atomic E-state index is -0.474. The summed E-state index contributed by atoms with van der Waals surface area (Å²) in [6, 6.07) is 3.31. The molecule has 0 spiro atoms. The molecule has 1 aromatic rings. The van der Waals surface area contributed by atoms with Crippen molar-refractivity contribution in [3.63, 3.8) is 0 Å². The number of nitrogens with two attached hydrogens (primary N) is 1. The lowest BCUT2D eigenvalue weighted by atomic mass is 10.1. The molecule has 0 heterocycles. The van der Waals surface area contributed by atoms with Crippen molar-refractivity contribution in [3.05, 3.63) is 23.5 Å². The molecule has 0 aromatic heterocycles. The number of hydrogen-bond acceptors (Lipinski definition) is 3. The van der Waals surface area contributed by atoms with Crippen LogP contribution in [0.3, 0.4) is 0 Å². The minimum absolute atomic E-state index is 0.0355. The Labute approximate surface area is 89.0 Å². The molecule has 84 valence electrons. The molecule has 0 aliphatic carbocycles. The molecule has 1 rings (SSSR count). The predicted molar refractivity (Wildman–Crippen MR) is 56.9 cm³/mol. The van der Waals surface area contributed by atoms with E-state index in [-0.39, 0.29) is 17.5 Å². The third-order valence-corrected chi connectivity index (χ3v) is 2.11. The van der Waals surface area contributed by atoms with Gasteiger partial charge in [0.05, 0.1) is 14.2 Å². The van der Waals surface area contributed by atoms with Crippen LogP contribution >= 0.6 is 0 Å². The molecule has 0 bridgehead atoms. The van der Waals surface area contributed by atoms with Crippen LogP contribution in [0, 0.1) is 5.82 Å². The average Bonchev–Trinajstić information content (AvgIpc) is 2.18. The fraction of sp³-hybridized carbons (Fsp3) is 0.455. The Hall–Kier alpha value is -1.29. The minimum Gasteiger partial charge on any atom is -0.494 e. The van der Waals surface area contributed by atoms with Crippen LogP contribution in [0.4, 0.5) is 4.39 Å². The van der Waals surface area contributed by atoms with Crippen LogP contribution in [-0.2, 0) is 6.42 Å². The molecule has 2 N–H and O–H groups in total. The van der Waals surface area contributed by atoms with Gasteiger partial charge >= 0.3 is 0 Å². The molecule has 0 aliphatic rings. The highest BCUT2D eigenvalue weighted by Gasteiger charge is 2.15. The lowest BCUT2D eigenvalue weighted by Gasteiger charge is -2.13. The summed E-state index contributed by atoms with van der Waals surface area (Å²) in [5.41, 5.74) is 6.41. The lowest BCUT2D eigenvalue weighted by molar-refractivity contribution is 0.346. The summed E-state index contributed by atoms with van der Waals surface area (Å²) in [5.74, 6) is -0.0786. The van der Waals surface area contributed by atoms with Gasteiger partial charge in [0.2, 0.25) is 5.82 Å². The van der Waals surface area contributed by atoms with Crippen molar-refractivity contribution in [1.29, 1.82) is 0 Å².